The van der Waals surface area contributed by atoms with Crippen molar-refractivity contribution in [3.63, 3.8) is 0 Å². The highest BCUT2D eigenvalue weighted by Crippen LogP contribution is 2.47. The van der Waals surface area contributed by atoms with E-state index in [1.54, 1.807) is 19.9 Å². The summed E-state index contributed by atoms with van der Waals surface area (Å²) in [5, 5.41) is 18.1. The van der Waals surface area contributed by atoms with Gasteiger partial charge in [0, 0.05) is 19.1 Å². The predicted octanol–water partition coefficient (Wildman–Crippen LogP) is 2.05. The lowest BCUT2D eigenvalue weighted by Gasteiger charge is -2.17. The van der Waals surface area contributed by atoms with Gasteiger partial charge in [-0.3, -0.25) is 4.57 Å². The second-order valence-corrected chi connectivity index (χ2v) is 6.14. The Morgan fingerprint density at radius 2 is 1.67 bits per heavy atom. The van der Waals surface area contributed by atoms with Crippen molar-refractivity contribution in [2.75, 3.05) is 32.6 Å². The fraction of sp³-hybridized carbons (Fsp3) is 0.833. The maximum Gasteiger partial charge on any atom is 0.334 e. The highest BCUT2D eigenvalue weighted by atomic mass is 31.2. The van der Waals surface area contributed by atoms with E-state index in [4.69, 9.17) is 19.3 Å². The second kappa shape index (κ2) is 9.70. The largest absolute Gasteiger partial charge is 0.396 e. The van der Waals surface area contributed by atoms with Crippen molar-refractivity contribution < 1.29 is 23.8 Å². The van der Waals surface area contributed by atoms with Crippen molar-refractivity contribution >= 4 is 7.60 Å². The lowest BCUT2D eigenvalue weighted by molar-refractivity contribution is 0.127. The number of aliphatic hydroxyl groups excluding tert-OH is 2. The zero-order valence-electron chi connectivity index (χ0n) is 11.4. The molecule has 2 N–H and O–H groups in total. The molecule has 0 aromatic heterocycles. The average Bonchev–Trinajstić information content (AvgIpc) is 2.31. The van der Waals surface area contributed by atoms with Gasteiger partial charge in [0.2, 0.25) is 0 Å². The van der Waals surface area contributed by atoms with Crippen LogP contribution in [0.15, 0.2) is 12.2 Å². The van der Waals surface area contributed by atoms with Crippen molar-refractivity contribution in [1.82, 2.24) is 0 Å². The van der Waals surface area contributed by atoms with Crippen LogP contribution in [0, 0.1) is 11.8 Å². The lowest BCUT2D eigenvalue weighted by Crippen LogP contribution is -2.18. The first kappa shape index (κ1) is 17.8. The molecule has 108 valence electrons. The molecule has 0 aliphatic rings. The Bertz CT molecular complexity index is 266. The van der Waals surface area contributed by atoms with E-state index in [-0.39, 0.29) is 31.2 Å². The molecule has 1 atom stereocenters. The van der Waals surface area contributed by atoms with Gasteiger partial charge in [-0.25, -0.2) is 0 Å². The van der Waals surface area contributed by atoms with Gasteiger partial charge in [-0.15, -0.1) is 0 Å². The van der Waals surface area contributed by atoms with Crippen LogP contribution < -0.4 is 0 Å². The molecule has 18 heavy (non-hydrogen) atoms. The molecule has 1 unspecified atom stereocenters. The number of hydrogen-bond donors (Lipinski definition) is 2. The van der Waals surface area contributed by atoms with Gasteiger partial charge in [0.05, 0.1) is 19.4 Å². The third-order valence-electron chi connectivity index (χ3n) is 2.63. The fourth-order valence-corrected chi connectivity index (χ4v) is 2.94. The summed E-state index contributed by atoms with van der Waals surface area (Å²) in [6, 6.07) is 0. The predicted molar refractivity (Wildman–Crippen MR) is 71.7 cm³/mol. The Labute approximate surface area is 109 Å². The fourth-order valence-electron chi connectivity index (χ4n) is 1.49. The molecule has 0 saturated carbocycles. The molecule has 0 rings (SSSR count). The Hall–Kier alpha value is -0.190. The van der Waals surface area contributed by atoms with Crippen LogP contribution >= 0.6 is 7.60 Å². The van der Waals surface area contributed by atoms with Gasteiger partial charge in [-0.1, -0.05) is 19.1 Å². The third-order valence-corrected chi connectivity index (χ3v) is 4.59. The van der Waals surface area contributed by atoms with E-state index in [1.807, 2.05) is 13.0 Å². The van der Waals surface area contributed by atoms with E-state index >= 15 is 0 Å². The molecule has 0 spiro atoms. The van der Waals surface area contributed by atoms with Crippen LogP contribution in [-0.4, -0.2) is 42.8 Å². The standard InChI is InChI=1S/C12H25O5P/c1-4-16-18(15,17-5-2)8-6-7-11(3)12(9-13)10-14/h6-7,11-14H,4-5,8-10H2,1-3H3/b7-6+. The number of allylic oxidation sites excluding steroid dienone is 2. The van der Waals surface area contributed by atoms with Gasteiger partial charge in [0.25, 0.3) is 0 Å². The molecule has 0 aromatic carbocycles. The maximum absolute atomic E-state index is 12.1. The Morgan fingerprint density at radius 3 is 2.06 bits per heavy atom. The molecule has 0 radical (unpaired) electrons. The van der Waals surface area contributed by atoms with Crippen LogP contribution in [0.4, 0.5) is 0 Å². The zero-order chi connectivity index (χ0) is 14.0. The summed E-state index contributed by atoms with van der Waals surface area (Å²) in [7, 11) is -3.03. The molecule has 0 bridgehead atoms. The first-order valence-electron chi connectivity index (χ1n) is 6.29. The molecule has 5 nitrogen and oxygen atoms in total. The van der Waals surface area contributed by atoms with E-state index in [1.165, 1.54) is 0 Å². The summed E-state index contributed by atoms with van der Waals surface area (Å²) >= 11 is 0. The first-order chi connectivity index (χ1) is 8.52. The Balaban J connectivity index is 4.38. The zero-order valence-corrected chi connectivity index (χ0v) is 12.3. The molecule has 0 aliphatic carbocycles. The highest BCUT2D eigenvalue weighted by Gasteiger charge is 2.21. The van der Waals surface area contributed by atoms with Crippen molar-refractivity contribution in [2.24, 2.45) is 11.8 Å². The topological polar surface area (TPSA) is 76.0 Å². The van der Waals surface area contributed by atoms with Crippen LogP contribution in [0.3, 0.4) is 0 Å². The minimum absolute atomic E-state index is 0.0108. The van der Waals surface area contributed by atoms with E-state index in [2.05, 4.69) is 0 Å². The molecule has 0 aliphatic heterocycles. The molecule has 0 saturated heterocycles. The van der Waals surface area contributed by atoms with Crippen LogP contribution in [0.25, 0.3) is 0 Å². The summed E-state index contributed by atoms with van der Waals surface area (Å²) in [6.07, 6.45) is 3.76. The summed E-state index contributed by atoms with van der Waals surface area (Å²) in [6.45, 7) is 5.97. The molecule has 0 aromatic rings. The summed E-state index contributed by atoms with van der Waals surface area (Å²) < 4.78 is 22.4. The first-order valence-corrected chi connectivity index (χ1v) is 8.02. The molecular weight excluding hydrogens is 255 g/mol. The van der Waals surface area contributed by atoms with Crippen molar-refractivity contribution in [3.05, 3.63) is 12.2 Å². The van der Waals surface area contributed by atoms with Crippen LogP contribution in [0.2, 0.25) is 0 Å². The minimum Gasteiger partial charge on any atom is -0.396 e. The molecule has 0 fully saturated rings. The average molecular weight is 280 g/mol. The number of rotatable bonds is 10. The Kier molecular flexibility index (Phi) is 9.60. The molecular formula is C12H25O5P. The van der Waals surface area contributed by atoms with Gasteiger partial charge in [-0.05, 0) is 19.8 Å². The monoisotopic (exact) mass is 280 g/mol. The van der Waals surface area contributed by atoms with E-state index in [9.17, 15) is 4.57 Å². The van der Waals surface area contributed by atoms with E-state index in [0.29, 0.717) is 13.2 Å². The number of hydrogen-bond acceptors (Lipinski definition) is 5. The summed E-state index contributed by atoms with van der Waals surface area (Å²) in [4.78, 5) is 0. The normalized spacial score (nSPS) is 14.6. The van der Waals surface area contributed by atoms with Gasteiger partial charge in [0.15, 0.2) is 0 Å². The van der Waals surface area contributed by atoms with Crippen LogP contribution in [-0.2, 0) is 13.6 Å². The lowest BCUT2D eigenvalue weighted by atomic mass is 9.95. The van der Waals surface area contributed by atoms with Gasteiger partial charge < -0.3 is 19.3 Å². The SMILES string of the molecule is CCOP(=O)(C/C=C/C(C)C(CO)CO)OCC. The number of aliphatic hydroxyl groups is 2. The van der Waals surface area contributed by atoms with Crippen molar-refractivity contribution in [3.8, 4) is 0 Å². The minimum atomic E-state index is -3.03. The molecule has 6 heteroatoms. The second-order valence-electron chi connectivity index (χ2n) is 4.04. The smallest absolute Gasteiger partial charge is 0.334 e. The highest BCUT2D eigenvalue weighted by molar-refractivity contribution is 7.54. The molecule has 0 heterocycles. The van der Waals surface area contributed by atoms with E-state index in [0.717, 1.165) is 0 Å². The summed E-state index contributed by atoms with van der Waals surface area (Å²) in [5.74, 6) is -0.184. The van der Waals surface area contributed by atoms with Crippen molar-refractivity contribution in [1.29, 1.82) is 0 Å². The third kappa shape index (κ3) is 6.66. The molecule has 0 amide bonds. The summed E-state index contributed by atoms with van der Waals surface area (Å²) in [5.41, 5.74) is 0. The van der Waals surface area contributed by atoms with Gasteiger partial charge in [0.1, 0.15) is 0 Å². The Morgan fingerprint density at radius 1 is 1.17 bits per heavy atom. The van der Waals surface area contributed by atoms with Gasteiger partial charge >= 0.3 is 7.60 Å². The van der Waals surface area contributed by atoms with Crippen LogP contribution in [0.5, 0.6) is 0 Å². The van der Waals surface area contributed by atoms with E-state index < -0.39 is 7.60 Å². The van der Waals surface area contributed by atoms with Crippen LogP contribution in [0.1, 0.15) is 20.8 Å². The maximum atomic E-state index is 12.1. The van der Waals surface area contributed by atoms with Crippen molar-refractivity contribution in [2.45, 2.75) is 20.8 Å². The quantitative estimate of drug-likeness (QED) is 0.473. The van der Waals surface area contributed by atoms with Gasteiger partial charge in [-0.2, -0.15) is 0 Å².